The zero-order valence-electron chi connectivity index (χ0n) is 13.3. The van der Waals surface area contributed by atoms with Crippen molar-refractivity contribution in [2.45, 2.75) is 64.8 Å². The third kappa shape index (κ3) is 3.41. The molecule has 4 fully saturated rings. The molecule has 0 aromatic rings. The first-order chi connectivity index (χ1) is 9.94. The number of hydrogen-bond acceptors (Lipinski definition) is 2. The van der Waals surface area contributed by atoms with Gasteiger partial charge in [0, 0.05) is 12.5 Å². The lowest BCUT2D eigenvalue weighted by Crippen LogP contribution is -2.48. The smallest absolute Gasteiger partial charge is 0.239 e. The summed E-state index contributed by atoms with van der Waals surface area (Å²) in [6.45, 7) is 3.97. The zero-order valence-corrected chi connectivity index (χ0v) is 13.3. The summed E-state index contributed by atoms with van der Waals surface area (Å²) in [6.07, 6.45) is 8.55. The molecule has 0 radical (unpaired) electrons. The van der Waals surface area contributed by atoms with E-state index in [2.05, 4.69) is 10.6 Å². The van der Waals surface area contributed by atoms with Gasteiger partial charge in [0.2, 0.25) is 11.8 Å². The quantitative estimate of drug-likeness (QED) is 0.816. The van der Waals surface area contributed by atoms with Crippen LogP contribution in [-0.4, -0.2) is 24.4 Å². The maximum Gasteiger partial charge on any atom is 0.239 e. The van der Waals surface area contributed by atoms with Crippen molar-refractivity contribution in [2.75, 3.05) is 6.54 Å². The Bertz CT molecular complexity index is 395. The molecule has 4 saturated carbocycles. The fraction of sp³-hybridized carbons (Fsp3) is 0.882. The standard InChI is InChI=1S/C17H28N2O2/c1-11(2)19-16(21)10-18-15(20)9-17-6-12-3-13(7-17)5-14(4-12)8-17/h11-14H,3-10H2,1-2H3,(H,18,20)(H,19,21). The molecule has 0 saturated heterocycles. The third-order valence-electron chi connectivity index (χ3n) is 5.60. The summed E-state index contributed by atoms with van der Waals surface area (Å²) in [5.74, 6) is 2.58. The first-order valence-electron chi connectivity index (χ1n) is 8.50. The predicted molar refractivity (Wildman–Crippen MR) is 81.5 cm³/mol. The number of amides is 2. The predicted octanol–water partition coefficient (Wildman–Crippen LogP) is 2.23. The summed E-state index contributed by atoms with van der Waals surface area (Å²) >= 11 is 0. The van der Waals surface area contributed by atoms with Crippen LogP contribution in [0, 0.1) is 23.2 Å². The molecule has 2 N–H and O–H groups in total. The van der Waals surface area contributed by atoms with Gasteiger partial charge in [0.15, 0.2) is 0 Å². The highest BCUT2D eigenvalue weighted by Gasteiger charge is 2.51. The topological polar surface area (TPSA) is 58.2 Å². The van der Waals surface area contributed by atoms with Crippen LogP contribution in [0.1, 0.15) is 58.8 Å². The van der Waals surface area contributed by atoms with E-state index < -0.39 is 0 Å². The Balaban J connectivity index is 1.50. The van der Waals surface area contributed by atoms with Gasteiger partial charge in [-0.05, 0) is 75.5 Å². The Labute approximate surface area is 127 Å². The molecule has 0 aromatic heterocycles. The van der Waals surface area contributed by atoms with Crippen molar-refractivity contribution in [3.8, 4) is 0 Å². The largest absolute Gasteiger partial charge is 0.352 e. The van der Waals surface area contributed by atoms with Crippen LogP contribution in [0.3, 0.4) is 0 Å². The minimum atomic E-state index is -0.0936. The average molecular weight is 292 g/mol. The first kappa shape index (κ1) is 14.9. The van der Waals surface area contributed by atoms with Crippen molar-refractivity contribution in [3.05, 3.63) is 0 Å². The minimum absolute atomic E-state index is 0.0656. The maximum absolute atomic E-state index is 12.2. The molecule has 0 unspecified atom stereocenters. The highest BCUT2D eigenvalue weighted by atomic mass is 16.2. The van der Waals surface area contributed by atoms with Gasteiger partial charge >= 0.3 is 0 Å². The van der Waals surface area contributed by atoms with Gasteiger partial charge in [-0.2, -0.15) is 0 Å². The van der Waals surface area contributed by atoms with Crippen molar-refractivity contribution in [1.82, 2.24) is 10.6 Å². The van der Waals surface area contributed by atoms with E-state index in [9.17, 15) is 9.59 Å². The Morgan fingerprint density at radius 2 is 1.52 bits per heavy atom. The van der Waals surface area contributed by atoms with Crippen molar-refractivity contribution >= 4 is 11.8 Å². The number of carbonyl (C=O) groups excluding carboxylic acids is 2. The lowest BCUT2D eigenvalue weighted by Gasteiger charge is -2.56. The van der Waals surface area contributed by atoms with Gasteiger partial charge in [0.05, 0.1) is 6.54 Å². The minimum Gasteiger partial charge on any atom is -0.352 e. The summed E-state index contributed by atoms with van der Waals surface area (Å²) in [5.41, 5.74) is 0.257. The van der Waals surface area contributed by atoms with Gasteiger partial charge in [-0.25, -0.2) is 0 Å². The molecule has 2 amide bonds. The molecular weight excluding hydrogens is 264 g/mol. The van der Waals surface area contributed by atoms with Crippen LogP contribution in [-0.2, 0) is 9.59 Å². The molecule has 0 heterocycles. The summed E-state index contributed by atoms with van der Waals surface area (Å²) in [5, 5.41) is 5.62. The van der Waals surface area contributed by atoms with Crippen LogP contribution < -0.4 is 10.6 Å². The van der Waals surface area contributed by atoms with E-state index in [4.69, 9.17) is 0 Å². The molecule has 4 bridgehead atoms. The third-order valence-corrected chi connectivity index (χ3v) is 5.60. The van der Waals surface area contributed by atoms with Gasteiger partial charge in [0.25, 0.3) is 0 Å². The summed E-state index contributed by atoms with van der Waals surface area (Å²) in [7, 11) is 0. The molecular formula is C17H28N2O2. The van der Waals surface area contributed by atoms with Crippen molar-refractivity contribution in [3.63, 3.8) is 0 Å². The maximum atomic E-state index is 12.2. The lowest BCUT2D eigenvalue weighted by molar-refractivity contribution is -0.132. The van der Waals surface area contributed by atoms with Crippen LogP contribution in [0.2, 0.25) is 0 Å². The van der Waals surface area contributed by atoms with Crippen molar-refractivity contribution in [1.29, 1.82) is 0 Å². The monoisotopic (exact) mass is 292 g/mol. The van der Waals surface area contributed by atoms with E-state index in [1.165, 1.54) is 38.5 Å². The second kappa shape index (κ2) is 5.62. The molecule has 118 valence electrons. The van der Waals surface area contributed by atoms with Crippen molar-refractivity contribution in [2.24, 2.45) is 23.2 Å². The second-order valence-corrected chi connectivity index (χ2v) is 8.09. The fourth-order valence-electron chi connectivity index (χ4n) is 5.46. The molecule has 4 aliphatic rings. The molecule has 0 aromatic carbocycles. The van der Waals surface area contributed by atoms with E-state index >= 15 is 0 Å². The Kier molecular flexibility index (Phi) is 3.98. The first-order valence-corrected chi connectivity index (χ1v) is 8.50. The molecule has 4 aliphatic carbocycles. The molecule has 0 atom stereocenters. The lowest BCUT2D eigenvalue weighted by atomic mass is 9.49. The molecule has 4 nitrogen and oxygen atoms in total. The molecule has 4 heteroatoms. The van der Waals surface area contributed by atoms with Crippen LogP contribution in [0.15, 0.2) is 0 Å². The SMILES string of the molecule is CC(C)NC(=O)CNC(=O)CC12CC3CC(CC(C3)C1)C2. The highest BCUT2D eigenvalue weighted by Crippen LogP contribution is 2.61. The van der Waals surface area contributed by atoms with Crippen LogP contribution in [0.5, 0.6) is 0 Å². The molecule has 21 heavy (non-hydrogen) atoms. The van der Waals surface area contributed by atoms with Gasteiger partial charge in [0.1, 0.15) is 0 Å². The highest BCUT2D eigenvalue weighted by molar-refractivity contribution is 5.85. The second-order valence-electron chi connectivity index (χ2n) is 8.09. The van der Waals surface area contributed by atoms with Crippen LogP contribution in [0.4, 0.5) is 0 Å². The Morgan fingerprint density at radius 3 is 2.00 bits per heavy atom. The summed E-state index contributed by atoms with van der Waals surface area (Å²) < 4.78 is 0. The molecule has 0 aliphatic heterocycles. The van der Waals surface area contributed by atoms with Crippen molar-refractivity contribution < 1.29 is 9.59 Å². The fourth-order valence-corrected chi connectivity index (χ4v) is 5.46. The summed E-state index contributed by atoms with van der Waals surface area (Å²) in [4.78, 5) is 23.8. The number of carbonyl (C=O) groups is 2. The number of hydrogen-bond donors (Lipinski definition) is 2. The van der Waals surface area contributed by atoms with E-state index in [1.807, 2.05) is 13.8 Å². The van der Waals surface area contributed by atoms with E-state index in [0.717, 1.165) is 17.8 Å². The van der Waals surface area contributed by atoms with Gasteiger partial charge in [-0.15, -0.1) is 0 Å². The summed E-state index contributed by atoms with van der Waals surface area (Å²) in [6, 6.07) is 0.123. The molecule has 0 spiro atoms. The zero-order chi connectivity index (χ0) is 15.0. The Morgan fingerprint density at radius 1 is 1.00 bits per heavy atom. The van der Waals surface area contributed by atoms with Crippen LogP contribution >= 0.6 is 0 Å². The van der Waals surface area contributed by atoms with Gasteiger partial charge in [-0.3, -0.25) is 9.59 Å². The normalized spacial score (nSPS) is 36.8. The van der Waals surface area contributed by atoms with E-state index in [1.54, 1.807) is 0 Å². The van der Waals surface area contributed by atoms with Crippen LogP contribution in [0.25, 0.3) is 0 Å². The number of nitrogens with one attached hydrogen (secondary N) is 2. The van der Waals surface area contributed by atoms with Gasteiger partial charge in [-0.1, -0.05) is 0 Å². The molecule has 4 rings (SSSR count). The van der Waals surface area contributed by atoms with Gasteiger partial charge < -0.3 is 10.6 Å². The number of rotatable bonds is 5. The van der Waals surface area contributed by atoms with E-state index in [0.29, 0.717) is 6.42 Å². The van der Waals surface area contributed by atoms with E-state index in [-0.39, 0.29) is 29.8 Å². The Hall–Kier alpha value is -1.06. The average Bonchev–Trinajstić information content (AvgIpc) is 2.33.